The van der Waals surface area contributed by atoms with Crippen LogP contribution in [0.5, 0.6) is 0 Å². The Kier molecular flexibility index (Phi) is 2.77. The minimum atomic E-state index is -1.89. The van der Waals surface area contributed by atoms with Crippen molar-refractivity contribution in [1.29, 1.82) is 0 Å². The summed E-state index contributed by atoms with van der Waals surface area (Å²) >= 11 is 0. The molecule has 1 unspecified atom stereocenters. The van der Waals surface area contributed by atoms with Crippen molar-refractivity contribution in [1.82, 2.24) is 0 Å². The van der Waals surface area contributed by atoms with Gasteiger partial charge in [-0.3, -0.25) is 4.79 Å². The van der Waals surface area contributed by atoms with Crippen LogP contribution in [0.1, 0.15) is 19.9 Å². The standard InChI is InChI=1S/C11H9FO2/c1-3-11(14-8(2)13)9-4-6-10(12)7-5-9/h1,4-7,11H,2H3/i11D. The maximum atomic E-state index is 12.6. The second kappa shape index (κ2) is 4.43. The lowest BCUT2D eigenvalue weighted by Crippen LogP contribution is -2.06. The van der Waals surface area contributed by atoms with Crippen molar-refractivity contribution >= 4 is 5.97 Å². The van der Waals surface area contributed by atoms with Crippen molar-refractivity contribution in [3.05, 3.63) is 35.6 Å². The van der Waals surface area contributed by atoms with Gasteiger partial charge in [-0.2, -0.15) is 0 Å². The molecule has 1 aromatic carbocycles. The molecule has 0 aliphatic heterocycles. The van der Waals surface area contributed by atoms with E-state index in [4.69, 9.17) is 7.79 Å². The molecule has 14 heavy (non-hydrogen) atoms. The zero-order valence-corrected chi connectivity index (χ0v) is 7.58. The van der Waals surface area contributed by atoms with Gasteiger partial charge < -0.3 is 4.74 Å². The summed E-state index contributed by atoms with van der Waals surface area (Å²) in [7, 11) is 0. The Labute approximate surface area is 83.1 Å². The summed E-state index contributed by atoms with van der Waals surface area (Å²) in [5.74, 6) is 0.943. The maximum Gasteiger partial charge on any atom is 0.304 e. The molecule has 0 spiro atoms. The molecule has 0 amide bonds. The van der Waals surface area contributed by atoms with E-state index in [0.29, 0.717) is 0 Å². The fraction of sp³-hybridized carbons (Fsp3) is 0.182. The van der Waals surface area contributed by atoms with Gasteiger partial charge in [0.15, 0.2) is 6.08 Å². The van der Waals surface area contributed by atoms with Crippen molar-refractivity contribution in [2.24, 2.45) is 0 Å². The third kappa shape index (κ3) is 2.60. The summed E-state index contributed by atoms with van der Waals surface area (Å²) in [5.41, 5.74) is 0.238. The van der Waals surface area contributed by atoms with E-state index in [9.17, 15) is 9.18 Å². The van der Waals surface area contributed by atoms with Crippen LogP contribution in [0.2, 0.25) is 0 Å². The molecule has 0 aliphatic rings. The van der Waals surface area contributed by atoms with Gasteiger partial charge >= 0.3 is 5.97 Å². The highest BCUT2D eigenvalue weighted by Gasteiger charge is 2.10. The second-order valence-electron chi connectivity index (χ2n) is 2.57. The highest BCUT2D eigenvalue weighted by molar-refractivity contribution is 5.66. The van der Waals surface area contributed by atoms with E-state index in [1.165, 1.54) is 12.1 Å². The van der Waals surface area contributed by atoms with Gasteiger partial charge in [0.2, 0.25) is 0 Å². The number of hydrogen-bond donors (Lipinski definition) is 0. The number of esters is 1. The Bertz CT molecular complexity index is 408. The van der Waals surface area contributed by atoms with Gasteiger partial charge in [0, 0.05) is 12.5 Å². The van der Waals surface area contributed by atoms with Gasteiger partial charge in [-0.1, -0.05) is 18.1 Å². The normalized spacial score (nSPS) is 14.8. The summed E-state index contributed by atoms with van der Waals surface area (Å²) in [6.45, 7) is 1.16. The van der Waals surface area contributed by atoms with Crippen LogP contribution in [0.25, 0.3) is 0 Å². The lowest BCUT2D eigenvalue weighted by molar-refractivity contribution is -0.144. The highest BCUT2D eigenvalue weighted by atomic mass is 19.1. The number of carbonyl (C=O) groups excluding carboxylic acids is 1. The molecule has 0 N–H and O–H groups in total. The lowest BCUT2D eigenvalue weighted by Gasteiger charge is -2.10. The average Bonchev–Trinajstić information content (AvgIpc) is 2.17. The summed E-state index contributed by atoms with van der Waals surface area (Å²) in [5, 5.41) is 0. The zero-order chi connectivity index (χ0) is 11.5. The molecular formula is C11H9FO2. The monoisotopic (exact) mass is 193 g/mol. The molecule has 0 fully saturated rings. The SMILES string of the molecule is [2H]C(C#C)(OC(C)=O)c1ccc(F)cc1. The Balaban J connectivity index is 3.07. The minimum absolute atomic E-state index is 0.238. The molecule has 0 aromatic heterocycles. The highest BCUT2D eigenvalue weighted by Crippen LogP contribution is 2.16. The van der Waals surface area contributed by atoms with Crippen molar-refractivity contribution in [2.45, 2.75) is 13.0 Å². The predicted octanol–water partition coefficient (Wildman–Crippen LogP) is 2.06. The summed E-state index contributed by atoms with van der Waals surface area (Å²) in [6.07, 6.45) is 3.23. The first-order valence-electron chi connectivity index (χ1n) is 4.41. The molecule has 0 saturated carbocycles. The van der Waals surface area contributed by atoms with E-state index in [1.54, 1.807) is 0 Å². The quantitative estimate of drug-likeness (QED) is 0.531. The van der Waals surface area contributed by atoms with Gasteiger partial charge in [-0.05, 0) is 12.1 Å². The zero-order valence-electron chi connectivity index (χ0n) is 8.58. The molecule has 0 bridgehead atoms. The van der Waals surface area contributed by atoms with Gasteiger partial charge in [-0.25, -0.2) is 4.39 Å². The molecule has 1 rings (SSSR count). The summed E-state index contributed by atoms with van der Waals surface area (Å²) in [6, 6.07) is 4.93. The number of carbonyl (C=O) groups is 1. The van der Waals surface area contributed by atoms with Crippen LogP contribution in [-0.2, 0) is 9.53 Å². The van der Waals surface area contributed by atoms with Crippen LogP contribution in [0.4, 0.5) is 4.39 Å². The second-order valence-corrected chi connectivity index (χ2v) is 2.57. The lowest BCUT2D eigenvalue weighted by atomic mass is 10.1. The summed E-state index contributed by atoms with van der Waals surface area (Å²) in [4.78, 5) is 10.7. The fourth-order valence-electron chi connectivity index (χ4n) is 0.917. The fourth-order valence-corrected chi connectivity index (χ4v) is 0.917. The predicted molar refractivity (Wildman–Crippen MR) is 49.7 cm³/mol. The third-order valence-electron chi connectivity index (χ3n) is 1.48. The van der Waals surface area contributed by atoms with Crippen molar-refractivity contribution < 1.29 is 15.3 Å². The number of hydrogen-bond acceptors (Lipinski definition) is 2. The number of benzene rings is 1. The van der Waals surface area contributed by atoms with Crippen LogP contribution in [0.15, 0.2) is 24.3 Å². The molecule has 0 saturated heterocycles. The molecule has 0 heterocycles. The van der Waals surface area contributed by atoms with Crippen molar-refractivity contribution in [3.8, 4) is 12.3 Å². The third-order valence-corrected chi connectivity index (χ3v) is 1.48. The van der Waals surface area contributed by atoms with Crippen molar-refractivity contribution in [2.75, 3.05) is 0 Å². The van der Waals surface area contributed by atoms with Gasteiger partial charge in [0.1, 0.15) is 5.82 Å². The van der Waals surface area contributed by atoms with Crippen LogP contribution >= 0.6 is 0 Å². The number of halogens is 1. The molecule has 1 atom stereocenters. The van der Waals surface area contributed by atoms with E-state index < -0.39 is 17.9 Å². The largest absolute Gasteiger partial charge is 0.444 e. The summed E-state index contributed by atoms with van der Waals surface area (Å²) < 4.78 is 25.0. The topological polar surface area (TPSA) is 26.3 Å². The molecule has 0 aliphatic carbocycles. The smallest absolute Gasteiger partial charge is 0.304 e. The van der Waals surface area contributed by atoms with E-state index in [1.807, 2.05) is 5.92 Å². The van der Waals surface area contributed by atoms with E-state index >= 15 is 0 Å². The molecule has 0 radical (unpaired) electrons. The Hall–Kier alpha value is -1.82. The van der Waals surface area contributed by atoms with Crippen LogP contribution in [0, 0.1) is 18.2 Å². The van der Waals surface area contributed by atoms with E-state index in [-0.39, 0.29) is 5.56 Å². The van der Waals surface area contributed by atoms with E-state index in [0.717, 1.165) is 19.1 Å². The van der Waals surface area contributed by atoms with Crippen LogP contribution < -0.4 is 0 Å². The minimum Gasteiger partial charge on any atom is -0.444 e. The van der Waals surface area contributed by atoms with Gasteiger partial charge in [0.05, 0.1) is 1.37 Å². The van der Waals surface area contributed by atoms with Gasteiger partial charge in [-0.15, -0.1) is 6.42 Å². The van der Waals surface area contributed by atoms with Gasteiger partial charge in [0.25, 0.3) is 0 Å². The Morgan fingerprint density at radius 3 is 2.64 bits per heavy atom. The first-order chi connectivity index (χ1) is 6.98. The van der Waals surface area contributed by atoms with Crippen LogP contribution in [0.3, 0.4) is 0 Å². The van der Waals surface area contributed by atoms with E-state index in [2.05, 4.69) is 4.74 Å². The molecule has 2 nitrogen and oxygen atoms in total. The first kappa shape index (κ1) is 8.76. The Morgan fingerprint density at radius 2 is 2.21 bits per heavy atom. The number of ether oxygens (including phenoxy) is 1. The average molecular weight is 193 g/mol. The van der Waals surface area contributed by atoms with Crippen molar-refractivity contribution in [3.63, 3.8) is 0 Å². The Morgan fingerprint density at radius 1 is 1.64 bits per heavy atom. The number of rotatable bonds is 2. The number of terminal acetylenes is 1. The molecule has 1 aromatic rings. The molecular weight excluding hydrogens is 183 g/mol. The maximum absolute atomic E-state index is 12.6. The van der Waals surface area contributed by atoms with Crippen LogP contribution in [-0.4, -0.2) is 5.97 Å². The first-order valence-corrected chi connectivity index (χ1v) is 3.91. The molecule has 3 heteroatoms. The molecule has 72 valence electrons.